The van der Waals surface area contributed by atoms with Crippen molar-refractivity contribution in [2.75, 3.05) is 5.75 Å². The Morgan fingerprint density at radius 2 is 0.818 bits per heavy atom. The Balaban J connectivity index is 3.67. The predicted molar refractivity (Wildman–Crippen MR) is 189 cm³/mol. The lowest BCUT2D eigenvalue weighted by Gasteiger charge is -2.23. The lowest BCUT2D eigenvalue weighted by molar-refractivity contribution is -0.122. The molecular weight excluding hydrogens is 570 g/mol. The van der Waals surface area contributed by atoms with Crippen molar-refractivity contribution in [3.8, 4) is 0 Å². The Kier molecular flexibility index (Phi) is 31.8. The molecule has 44 heavy (non-hydrogen) atoms. The minimum atomic E-state index is -4.29. The highest BCUT2D eigenvalue weighted by Gasteiger charge is 2.26. The zero-order chi connectivity index (χ0) is 32.6. The van der Waals surface area contributed by atoms with Gasteiger partial charge in [0.05, 0.1) is 17.9 Å². The largest absolute Gasteiger partial charge is 0.391 e. The third kappa shape index (κ3) is 32.7. The van der Waals surface area contributed by atoms with Gasteiger partial charge in [0.1, 0.15) is 0 Å². The Bertz CT molecular complexity index is 715. The maximum Gasteiger partial charge on any atom is 0.266 e. The molecule has 0 aromatic carbocycles. The van der Waals surface area contributed by atoms with Gasteiger partial charge in [0.15, 0.2) is 0 Å². The van der Waals surface area contributed by atoms with Crippen molar-refractivity contribution in [2.45, 2.75) is 225 Å². The van der Waals surface area contributed by atoms with Crippen LogP contribution in [0.4, 0.5) is 0 Å². The molecule has 1 amide bonds. The molecular formula is C37H75NO5S. The van der Waals surface area contributed by atoms with Gasteiger partial charge in [-0.05, 0) is 12.8 Å². The summed E-state index contributed by atoms with van der Waals surface area (Å²) >= 11 is 0. The fraction of sp³-hybridized carbons (Fsp3) is 0.973. The molecule has 0 bridgehead atoms. The predicted octanol–water partition coefficient (Wildman–Crippen LogP) is 10.9. The molecule has 0 rings (SSSR count). The van der Waals surface area contributed by atoms with E-state index in [9.17, 15) is 22.9 Å². The van der Waals surface area contributed by atoms with Crippen LogP contribution in [0.15, 0.2) is 0 Å². The second-order valence-corrected chi connectivity index (χ2v) is 15.1. The maximum atomic E-state index is 12.4. The highest BCUT2D eigenvalue weighted by molar-refractivity contribution is 7.85. The summed E-state index contributed by atoms with van der Waals surface area (Å²) in [5, 5.41) is 13.2. The molecule has 0 aromatic rings. The number of unbranched alkanes of at least 4 members (excludes halogenated alkanes) is 27. The van der Waals surface area contributed by atoms with Crippen LogP contribution < -0.4 is 5.32 Å². The lowest BCUT2D eigenvalue weighted by atomic mass is 10.0. The van der Waals surface area contributed by atoms with Crippen molar-refractivity contribution >= 4 is 16.0 Å². The number of rotatable bonds is 35. The molecule has 0 spiro atoms. The van der Waals surface area contributed by atoms with E-state index in [-0.39, 0.29) is 5.91 Å². The van der Waals surface area contributed by atoms with Crippen LogP contribution in [-0.2, 0) is 14.9 Å². The summed E-state index contributed by atoms with van der Waals surface area (Å²) in [7, 11) is -4.29. The van der Waals surface area contributed by atoms with Crippen molar-refractivity contribution in [3.05, 3.63) is 0 Å². The van der Waals surface area contributed by atoms with Crippen LogP contribution >= 0.6 is 0 Å². The van der Waals surface area contributed by atoms with Gasteiger partial charge >= 0.3 is 0 Å². The normalized spacial score (nSPS) is 13.3. The van der Waals surface area contributed by atoms with Crippen molar-refractivity contribution in [3.63, 3.8) is 0 Å². The van der Waals surface area contributed by atoms with Gasteiger partial charge in [0, 0.05) is 6.42 Å². The smallest absolute Gasteiger partial charge is 0.266 e. The van der Waals surface area contributed by atoms with Crippen molar-refractivity contribution < 1.29 is 22.9 Å². The first-order chi connectivity index (χ1) is 21.3. The molecule has 0 aromatic heterocycles. The number of nitrogens with one attached hydrogen (secondary N) is 1. The molecule has 0 aliphatic carbocycles. The van der Waals surface area contributed by atoms with Gasteiger partial charge in [-0.1, -0.05) is 194 Å². The fourth-order valence-corrected chi connectivity index (χ4v) is 6.92. The minimum absolute atomic E-state index is 0.245. The van der Waals surface area contributed by atoms with E-state index in [4.69, 9.17) is 0 Å². The highest BCUT2D eigenvalue weighted by Crippen LogP contribution is 2.16. The molecule has 7 heteroatoms. The van der Waals surface area contributed by atoms with Gasteiger partial charge < -0.3 is 10.4 Å². The van der Waals surface area contributed by atoms with E-state index >= 15 is 0 Å². The van der Waals surface area contributed by atoms with Crippen LogP contribution in [-0.4, -0.2) is 41.9 Å². The summed E-state index contributed by atoms with van der Waals surface area (Å²) in [4.78, 5) is 12.4. The van der Waals surface area contributed by atoms with Gasteiger partial charge in [0.2, 0.25) is 5.91 Å². The standard InChI is InChI=1S/C37H75NO5S/c1-3-5-7-9-11-12-13-14-15-16-17-18-19-20-21-22-23-24-25-27-29-31-33-37(40)38-35(34-44(41,42)43)36(39)32-30-28-26-10-8-6-4-2/h35-36,39H,3-34H2,1-2H3,(H,38,40)(H,41,42,43). The van der Waals surface area contributed by atoms with Crippen LogP contribution in [0, 0.1) is 0 Å². The van der Waals surface area contributed by atoms with Gasteiger partial charge in [0.25, 0.3) is 10.1 Å². The van der Waals surface area contributed by atoms with Crippen molar-refractivity contribution in [1.82, 2.24) is 5.32 Å². The van der Waals surface area contributed by atoms with Crippen LogP contribution in [0.2, 0.25) is 0 Å². The molecule has 0 radical (unpaired) electrons. The number of hydrogen-bond donors (Lipinski definition) is 3. The average molecular weight is 646 g/mol. The average Bonchev–Trinajstić information content (AvgIpc) is 2.98. The number of aliphatic hydroxyl groups is 1. The van der Waals surface area contributed by atoms with Crippen LogP contribution in [0.3, 0.4) is 0 Å². The molecule has 0 aliphatic rings. The van der Waals surface area contributed by atoms with Crippen LogP contribution in [0.5, 0.6) is 0 Å². The Morgan fingerprint density at radius 1 is 0.523 bits per heavy atom. The summed E-state index contributed by atoms with van der Waals surface area (Å²) in [6.07, 6.45) is 36.6. The maximum absolute atomic E-state index is 12.4. The Labute approximate surface area is 274 Å². The molecule has 0 fully saturated rings. The second kappa shape index (κ2) is 32.3. The fourth-order valence-electron chi connectivity index (χ4n) is 6.16. The third-order valence-electron chi connectivity index (χ3n) is 9.06. The van der Waals surface area contributed by atoms with Crippen molar-refractivity contribution in [2.24, 2.45) is 0 Å². The molecule has 0 saturated carbocycles. The molecule has 2 unspecified atom stereocenters. The summed E-state index contributed by atoms with van der Waals surface area (Å²) in [5.74, 6) is -0.888. The number of carbonyl (C=O) groups is 1. The Morgan fingerprint density at radius 3 is 1.14 bits per heavy atom. The number of amides is 1. The molecule has 6 nitrogen and oxygen atoms in total. The highest BCUT2D eigenvalue weighted by atomic mass is 32.2. The molecule has 0 aliphatic heterocycles. The first-order valence-corrected chi connectivity index (χ1v) is 20.8. The zero-order valence-electron chi connectivity index (χ0n) is 29.3. The summed E-state index contributed by atoms with van der Waals surface area (Å²) in [6.45, 7) is 4.47. The zero-order valence-corrected chi connectivity index (χ0v) is 30.1. The first-order valence-electron chi connectivity index (χ1n) is 19.2. The second-order valence-electron chi connectivity index (χ2n) is 13.6. The quantitative estimate of drug-likeness (QED) is 0.0470. The molecule has 2 atom stereocenters. The van der Waals surface area contributed by atoms with E-state index in [1.807, 2.05) is 0 Å². The summed E-state index contributed by atoms with van der Waals surface area (Å²) in [6, 6.07) is -0.961. The molecule has 3 N–H and O–H groups in total. The van der Waals surface area contributed by atoms with E-state index < -0.39 is 28.0 Å². The third-order valence-corrected chi connectivity index (χ3v) is 9.84. The number of carbonyl (C=O) groups excluding carboxylic acids is 1. The van der Waals surface area contributed by atoms with Crippen molar-refractivity contribution in [1.29, 1.82) is 0 Å². The topological polar surface area (TPSA) is 104 Å². The first kappa shape index (κ1) is 43.3. The van der Waals surface area contributed by atoms with E-state index in [1.165, 1.54) is 148 Å². The lowest BCUT2D eigenvalue weighted by Crippen LogP contribution is -2.47. The van der Waals surface area contributed by atoms with Gasteiger partial charge in [-0.2, -0.15) is 8.42 Å². The van der Waals surface area contributed by atoms with E-state index in [0.717, 1.165) is 38.5 Å². The SMILES string of the molecule is CCCCCCCCCCCCCCCCCCCCCCCCC(=O)NC(CS(=O)(=O)O)C(O)CCCCCCCCC. The molecule has 0 saturated heterocycles. The summed E-state index contributed by atoms with van der Waals surface area (Å²) < 4.78 is 32.2. The molecule has 0 heterocycles. The summed E-state index contributed by atoms with van der Waals surface area (Å²) in [5.41, 5.74) is 0. The van der Waals surface area contributed by atoms with E-state index in [1.54, 1.807) is 0 Å². The Hall–Kier alpha value is -0.660. The van der Waals surface area contributed by atoms with Gasteiger partial charge in [-0.25, -0.2) is 0 Å². The van der Waals surface area contributed by atoms with E-state index in [2.05, 4.69) is 19.2 Å². The molecule has 264 valence electrons. The number of aliphatic hydroxyl groups excluding tert-OH is 1. The van der Waals surface area contributed by atoms with Gasteiger partial charge in [-0.3, -0.25) is 9.35 Å². The monoisotopic (exact) mass is 646 g/mol. The van der Waals surface area contributed by atoms with Crippen LogP contribution in [0.25, 0.3) is 0 Å². The minimum Gasteiger partial charge on any atom is -0.391 e. The van der Waals surface area contributed by atoms with E-state index in [0.29, 0.717) is 12.8 Å². The van der Waals surface area contributed by atoms with Crippen LogP contribution in [0.1, 0.15) is 213 Å². The number of hydrogen-bond acceptors (Lipinski definition) is 4. The van der Waals surface area contributed by atoms with Gasteiger partial charge in [-0.15, -0.1) is 0 Å².